The van der Waals surface area contributed by atoms with E-state index < -0.39 is 23.3 Å². The zero-order valence-electron chi connectivity index (χ0n) is 19.2. The average Bonchev–Trinajstić information content (AvgIpc) is 2.85. The predicted molar refractivity (Wildman–Crippen MR) is 128 cm³/mol. The summed E-state index contributed by atoms with van der Waals surface area (Å²) in [7, 11) is 0. The zero-order chi connectivity index (χ0) is 24.2. The van der Waals surface area contributed by atoms with Gasteiger partial charge < -0.3 is 4.74 Å². The summed E-state index contributed by atoms with van der Waals surface area (Å²) >= 11 is 0. The van der Waals surface area contributed by atoms with E-state index in [2.05, 4.69) is 6.08 Å². The molecule has 34 heavy (non-hydrogen) atoms. The van der Waals surface area contributed by atoms with Crippen LogP contribution in [0.15, 0.2) is 66.8 Å². The van der Waals surface area contributed by atoms with E-state index in [1.807, 2.05) is 19.1 Å². The Bertz CT molecular complexity index is 1240. The normalized spacial score (nSPS) is 16.1. The number of halogens is 4. The van der Waals surface area contributed by atoms with Crippen molar-refractivity contribution in [3.63, 3.8) is 0 Å². The van der Waals surface area contributed by atoms with Gasteiger partial charge >= 0.3 is 0 Å². The van der Waals surface area contributed by atoms with E-state index in [1.54, 1.807) is 43.3 Å². The summed E-state index contributed by atoms with van der Waals surface area (Å²) in [4.78, 5) is 0. The number of rotatable bonds is 6. The molecule has 5 heteroatoms. The van der Waals surface area contributed by atoms with Crippen LogP contribution in [0.5, 0.6) is 5.75 Å². The van der Waals surface area contributed by atoms with Gasteiger partial charge in [-0.2, -0.15) is 4.39 Å². The van der Waals surface area contributed by atoms with Crippen molar-refractivity contribution in [2.45, 2.75) is 33.1 Å². The molecule has 0 spiro atoms. The summed E-state index contributed by atoms with van der Waals surface area (Å²) in [6.07, 6.45) is 8.57. The van der Waals surface area contributed by atoms with Gasteiger partial charge in [-0.05, 0) is 67.9 Å². The maximum atomic E-state index is 15.0. The molecule has 3 aromatic carbocycles. The average molecular weight is 467 g/mol. The van der Waals surface area contributed by atoms with Crippen molar-refractivity contribution in [3.05, 3.63) is 95.6 Å². The maximum absolute atomic E-state index is 15.0. The van der Waals surface area contributed by atoms with Gasteiger partial charge in [-0.15, -0.1) is 0 Å². The fraction of sp³-hybridized carbons (Fsp3) is 0.241. The Morgan fingerprint density at radius 3 is 1.91 bits per heavy atom. The number of hydrogen-bond donors (Lipinski definition) is 0. The highest BCUT2D eigenvalue weighted by Gasteiger charge is 2.21. The first-order valence-electron chi connectivity index (χ1n) is 11.5. The van der Waals surface area contributed by atoms with Crippen molar-refractivity contribution in [1.29, 1.82) is 0 Å². The Morgan fingerprint density at radius 2 is 1.35 bits per heavy atom. The molecular weight excluding hydrogens is 440 g/mol. The lowest BCUT2D eigenvalue weighted by Crippen LogP contribution is -2.05. The monoisotopic (exact) mass is 466 g/mol. The Hall–Kier alpha value is -3.34. The lowest BCUT2D eigenvalue weighted by Gasteiger charge is -2.20. The van der Waals surface area contributed by atoms with E-state index in [9.17, 15) is 13.2 Å². The molecule has 0 aromatic heterocycles. The van der Waals surface area contributed by atoms with Crippen LogP contribution in [-0.4, -0.2) is 6.61 Å². The molecule has 0 bridgehead atoms. The van der Waals surface area contributed by atoms with Gasteiger partial charge in [0.25, 0.3) is 0 Å². The fourth-order valence-electron chi connectivity index (χ4n) is 4.42. The van der Waals surface area contributed by atoms with E-state index >= 15 is 4.39 Å². The topological polar surface area (TPSA) is 9.23 Å². The molecule has 0 aliphatic heterocycles. The van der Waals surface area contributed by atoms with Gasteiger partial charge in [0.05, 0.1) is 6.61 Å². The summed E-state index contributed by atoms with van der Waals surface area (Å²) in [6, 6.07) is 12.3. The van der Waals surface area contributed by atoms with Gasteiger partial charge in [0.15, 0.2) is 23.2 Å². The molecule has 1 aliphatic rings. The molecule has 4 rings (SSSR count). The third kappa shape index (κ3) is 4.65. The van der Waals surface area contributed by atoms with Crippen molar-refractivity contribution in [3.8, 4) is 28.0 Å². The Balaban J connectivity index is 1.60. The van der Waals surface area contributed by atoms with Crippen LogP contribution in [-0.2, 0) is 0 Å². The van der Waals surface area contributed by atoms with Crippen LogP contribution >= 0.6 is 0 Å². The highest BCUT2D eigenvalue weighted by molar-refractivity contribution is 5.74. The predicted octanol–water partition coefficient (Wildman–Crippen LogP) is 8.74. The van der Waals surface area contributed by atoms with E-state index in [4.69, 9.17) is 4.74 Å². The number of benzene rings is 3. The van der Waals surface area contributed by atoms with Crippen LogP contribution < -0.4 is 4.74 Å². The SMILES string of the molecule is CC=CC1CC=C(c2ccc(-c3ccc(-c4ccc(OCC)c(F)c4F)cc3)c(F)c2F)CC1. The van der Waals surface area contributed by atoms with Gasteiger partial charge in [0.2, 0.25) is 5.82 Å². The summed E-state index contributed by atoms with van der Waals surface area (Å²) in [5.41, 5.74) is 2.17. The van der Waals surface area contributed by atoms with E-state index in [0.717, 1.165) is 18.4 Å². The minimum absolute atomic E-state index is 0.0648. The Labute approximate surface area is 197 Å². The summed E-state index contributed by atoms with van der Waals surface area (Å²) in [5.74, 6) is -3.56. The largest absolute Gasteiger partial charge is 0.491 e. The van der Waals surface area contributed by atoms with E-state index in [-0.39, 0.29) is 23.5 Å². The van der Waals surface area contributed by atoms with Crippen LogP contribution in [0.4, 0.5) is 17.6 Å². The molecule has 0 amide bonds. The highest BCUT2D eigenvalue weighted by atomic mass is 19.2. The van der Waals surface area contributed by atoms with Crippen molar-refractivity contribution in [2.75, 3.05) is 6.61 Å². The second-order valence-corrected chi connectivity index (χ2v) is 8.33. The molecule has 1 unspecified atom stereocenters. The maximum Gasteiger partial charge on any atom is 0.201 e. The first-order valence-corrected chi connectivity index (χ1v) is 11.5. The zero-order valence-corrected chi connectivity index (χ0v) is 19.2. The molecule has 0 heterocycles. The minimum atomic E-state index is -1.05. The van der Waals surface area contributed by atoms with Crippen molar-refractivity contribution in [1.82, 2.24) is 0 Å². The van der Waals surface area contributed by atoms with Crippen molar-refractivity contribution >= 4 is 5.57 Å². The molecular formula is C29H26F4O. The van der Waals surface area contributed by atoms with Crippen LogP contribution in [0, 0.1) is 29.2 Å². The quantitative estimate of drug-likeness (QED) is 0.261. The molecule has 1 nitrogen and oxygen atoms in total. The second-order valence-electron chi connectivity index (χ2n) is 8.33. The second kappa shape index (κ2) is 10.3. The van der Waals surface area contributed by atoms with E-state index in [0.29, 0.717) is 29.0 Å². The molecule has 0 fully saturated rings. The Morgan fingerprint density at radius 1 is 0.794 bits per heavy atom. The molecule has 3 aromatic rings. The van der Waals surface area contributed by atoms with Crippen molar-refractivity contribution < 1.29 is 22.3 Å². The third-order valence-corrected chi connectivity index (χ3v) is 6.20. The first-order chi connectivity index (χ1) is 16.4. The van der Waals surface area contributed by atoms with Crippen molar-refractivity contribution in [2.24, 2.45) is 5.92 Å². The summed E-state index contributed by atoms with van der Waals surface area (Å²) in [6.45, 7) is 3.89. The first kappa shape index (κ1) is 23.8. The smallest absolute Gasteiger partial charge is 0.201 e. The Kier molecular flexibility index (Phi) is 7.20. The highest BCUT2D eigenvalue weighted by Crippen LogP contribution is 2.36. The summed E-state index contributed by atoms with van der Waals surface area (Å²) in [5, 5.41) is 0. The van der Waals surface area contributed by atoms with Gasteiger partial charge in [0.1, 0.15) is 0 Å². The lowest BCUT2D eigenvalue weighted by atomic mass is 9.85. The lowest BCUT2D eigenvalue weighted by molar-refractivity contribution is 0.314. The summed E-state index contributed by atoms with van der Waals surface area (Å²) < 4.78 is 63.8. The van der Waals surface area contributed by atoms with Crippen LogP contribution in [0.2, 0.25) is 0 Å². The molecule has 0 saturated carbocycles. The molecule has 0 radical (unpaired) electrons. The van der Waals surface area contributed by atoms with Gasteiger partial charge in [0, 0.05) is 16.7 Å². The molecule has 1 atom stereocenters. The van der Waals surface area contributed by atoms with Gasteiger partial charge in [-0.1, -0.05) is 54.6 Å². The van der Waals surface area contributed by atoms with Crippen LogP contribution in [0.25, 0.3) is 27.8 Å². The molecule has 0 N–H and O–H groups in total. The minimum Gasteiger partial charge on any atom is -0.491 e. The standard InChI is InChI=1S/C29H26F4O/c1-3-5-18-6-8-19(9-7-18)22-14-15-23(27(31)26(22)30)20-10-12-21(13-11-20)24-16-17-25(34-4-2)29(33)28(24)32/h3,5,8,10-18H,4,6-7,9H2,1-2H3. The number of hydrogen-bond acceptors (Lipinski definition) is 1. The number of ether oxygens (including phenoxy) is 1. The van der Waals surface area contributed by atoms with Gasteiger partial charge in [-0.3, -0.25) is 0 Å². The fourth-order valence-corrected chi connectivity index (χ4v) is 4.42. The molecule has 1 aliphatic carbocycles. The molecule has 176 valence electrons. The van der Waals surface area contributed by atoms with E-state index in [1.165, 1.54) is 12.1 Å². The van der Waals surface area contributed by atoms with Crippen LogP contribution in [0.1, 0.15) is 38.7 Å². The van der Waals surface area contributed by atoms with Gasteiger partial charge in [-0.25, -0.2) is 13.2 Å². The van der Waals surface area contributed by atoms with Crippen LogP contribution in [0.3, 0.4) is 0 Å². The molecule has 0 saturated heterocycles. The third-order valence-electron chi connectivity index (χ3n) is 6.20. The number of allylic oxidation sites excluding steroid dienone is 4.